The highest BCUT2D eigenvalue weighted by molar-refractivity contribution is 6.01. The Balaban J connectivity index is 1.59. The third-order valence-electron chi connectivity index (χ3n) is 8.50. The summed E-state index contributed by atoms with van der Waals surface area (Å²) >= 11 is 0. The van der Waals surface area contributed by atoms with Crippen molar-refractivity contribution in [2.24, 2.45) is 11.8 Å². The molecular formula is C30H38N2O4. The Morgan fingerprint density at radius 2 is 1.75 bits per heavy atom. The number of nitrogens with zero attached hydrogens (tertiary/aromatic N) is 1. The molecule has 6 heteroatoms. The molecule has 2 amide bonds. The van der Waals surface area contributed by atoms with Gasteiger partial charge in [-0.2, -0.15) is 0 Å². The lowest BCUT2D eigenvalue weighted by Gasteiger charge is -2.46. The zero-order valence-corrected chi connectivity index (χ0v) is 21.9. The van der Waals surface area contributed by atoms with Gasteiger partial charge in [0.1, 0.15) is 0 Å². The molecule has 1 aliphatic carbocycles. The van der Waals surface area contributed by atoms with Gasteiger partial charge >= 0.3 is 0 Å². The molecule has 2 aliphatic heterocycles. The molecule has 2 aromatic carbocycles. The molecule has 192 valence electrons. The monoisotopic (exact) mass is 490 g/mol. The Labute approximate surface area is 214 Å². The molecule has 3 aliphatic rings. The van der Waals surface area contributed by atoms with Crippen LogP contribution in [0.4, 0.5) is 0 Å². The van der Waals surface area contributed by atoms with Crippen molar-refractivity contribution >= 4 is 11.8 Å². The third kappa shape index (κ3) is 4.25. The summed E-state index contributed by atoms with van der Waals surface area (Å²) in [6.07, 6.45) is 4.06. The van der Waals surface area contributed by atoms with Crippen LogP contribution < -0.4 is 14.8 Å². The smallest absolute Gasteiger partial charge is 0.254 e. The van der Waals surface area contributed by atoms with Crippen LogP contribution in [0, 0.1) is 11.8 Å². The van der Waals surface area contributed by atoms with E-state index in [9.17, 15) is 9.59 Å². The van der Waals surface area contributed by atoms with Crippen molar-refractivity contribution in [2.75, 3.05) is 19.8 Å². The number of carbonyl (C=O) groups is 2. The van der Waals surface area contributed by atoms with Crippen molar-refractivity contribution in [3.63, 3.8) is 0 Å². The van der Waals surface area contributed by atoms with Gasteiger partial charge in [-0.15, -0.1) is 0 Å². The van der Waals surface area contributed by atoms with Crippen LogP contribution in [0.1, 0.15) is 86.0 Å². The lowest BCUT2D eigenvalue weighted by molar-refractivity contribution is -0.125. The Morgan fingerprint density at radius 1 is 1.03 bits per heavy atom. The van der Waals surface area contributed by atoms with Crippen molar-refractivity contribution in [2.45, 2.75) is 71.4 Å². The average Bonchev–Trinajstić information content (AvgIpc) is 2.87. The van der Waals surface area contributed by atoms with Crippen molar-refractivity contribution in [3.05, 3.63) is 58.7 Å². The Hall–Kier alpha value is -3.02. The van der Waals surface area contributed by atoms with E-state index in [1.54, 1.807) is 0 Å². The van der Waals surface area contributed by atoms with Crippen LogP contribution >= 0.6 is 0 Å². The zero-order chi connectivity index (χ0) is 25.4. The fourth-order valence-electron chi connectivity index (χ4n) is 6.41. The molecule has 5 atom stereocenters. The maximum atomic E-state index is 14.1. The number of fused-ring (bicyclic) bond motifs is 4. The molecule has 1 saturated carbocycles. The predicted octanol–water partition coefficient (Wildman–Crippen LogP) is 5.26. The number of hydrogen-bond acceptors (Lipinski definition) is 4. The summed E-state index contributed by atoms with van der Waals surface area (Å²) in [5, 5.41) is 3.43. The van der Waals surface area contributed by atoms with E-state index in [2.05, 4.69) is 19.2 Å². The molecule has 2 aromatic rings. The van der Waals surface area contributed by atoms with E-state index in [-0.39, 0.29) is 23.9 Å². The van der Waals surface area contributed by atoms with Crippen LogP contribution in [0.3, 0.4) is 0 Å². The van der Waals surface area contributed by atoms with Gasteiger partial charge in [-0.25, -0.2) is 0 Å². The van der Waals surface area contributed by atoms with Crippen molar-refractivity contribution < 1.29 is 19.1 Å². The van der Waals surface area contributed by atoms with Gasteiger partial charge in [0.2, 0.25) is 5.91 Å². The summed E-state index contributed by atoms with van der Waals surface area (Å²) in [7, 11) is 0. The van der Waals surface area contributed by atoms with Gasteiger partial charge < -0.3 is 19.7 Å². The van der Waals surface area contributed by atoms with Crippen LogP contribution in [0.5, 0.6) is 11.5 Å². The molecule has 2 heterocycles. The molecule has 0 aromatic heterocycles. The zero-order valence-electron chi connectivity index (χ0n) is 21.9. The van der Waals surface area contributed by atoms with Crippen LogP contribution in [0.2, 0.25) is 0 Å². The van der Waals surface area contributed by atoms with Gasteiger partial charge in [-0.3, -0.25) is 9.59 Å². The van der Waals surface area contributed by atoms with E-state index in [0.717, 1.165) is 41.7 Å². The van der Waals surface area contributed by atoms with Crippen molar-refractivity contribution in [1.82, 2.24) is 10.2 Å². The van der Waals surface area contributed by atoms with E-state index < -0.39 is 5.92 Å². The minimum atomic E-state index is -0.477. The fourth-order valence-corrected chi connectivity index (χ4v) is 6.41. The number of nitrogens with one attached hydrogen (secondary N) is 1. The SMILES string of the molecule is CCOc1cc2c(cc1OCC)[C@@H]1[C@H](C(=O)N[C@@H]3CCC[C@H](C)[C@H]3C)c3ccccc3C(=O)N1CC2. The van der Waals surface area contributed by atoms with E-state index in [1.165, 1.54) is 6.42 Å². The Morgan fingerprint density at radius 3 is 2.50 bits per heavy atom. The summed E-state index contributed by atoms with van der Waals surface area (Å²) in [5.41, 5.74) is 3.56. The topological polar surface area (TPSA) is 67.9 Å². The molecule has 1 N–H and O–H groups in total. The van der Waals surface area contributed by atoms with Gasteiger partial charge in [0, 0.05) is 18.2 Å². The number of hydrogen-bond donors (Lipinski definition) is 1. The van der Waals surface area contributed by atoms with Crippen LogP contribution in [-0.2, 0) is 11.2 Å². The highest BCUT2D eigenvalue weighted by atomic mass is 16.5. The lowest BCUT2D eigenvalue weighted by atomic mass is 9.74. The quantitative estimate of drug-likeness (QED) is 0.600. The first-order valence-electron chi connectivity index (χ1n) is 13.6. The van der Waals surface area contributed by atoms with Gasteiger partial charge in [0.15, 0.2) is 11.5 Å². The maximum absolute atomic E-state index is 14.1. The second-order valence-electron chi connectivity index (χ2n) is 10.5. The van der Waals surface area contributed by atoms with Gasteiger partial charge in [0.05, 0.1) is 25.2 Å². The summed E-state index contributed by atoms with van der Waals surface area (Å²) in [5.74, 6) is 1.93. The highest BCUT2D eigenvalue weighted by Crippen LogP contribution is 2.48. The minimum absolute atomic E-state index is 0.00296. The predicted molar refractivity (Wildman–Crippen MR) is 140 cm³/mol. The molecule has 0 radical (unpaired) electrons. The molecular weight excluding hydrogens is 452 g/mol. The normalized spacial score (nSPS) is 26.9. The lowest BCUT2D eigenvalue weighted by Crippen LogP contribution is -2.52. The molecule has 0 unspecified atom stereocenters. The van der Waals surface area contributed by atoms with Crippen LogP contribution in [0.25, 0.3) is 0 Å². The molecule has 5 rings (SSSR count). The first kappa shape index (κ1) is 24.7. The van der Waals surface area contributed by atoms with E-state index in [0.29, 0.717) is 42.9 Å². The first-order chi connectivity index (χ1) is 17.4. The van der Waals surface area contributed by atoms with Gasteiger partial charge in [-0.05, 0) is 73.4 Å². The molecule has 0 spiro atoms. The van der Waals surface area contributed by atoms with Crippen LogP contribution in [0.15, 0.2) is 36.4 Å². The Bertz CT molecular complexity index is 1150. The number of carbonyl (C=O) groups excluding carboxylic acids is 2. The highest BCUT2D eigenvalue weighted by Gasteiger charge is 2.47. The number of rotatable bonds is 6. The maximum Gasteiger partial charge on any atom is 0.254 e. The number of amides is 2. The summed E-state index contributed by atoms with van der Waals surface area (Å²) in [4.78, 5) is 29.7. The summed E-state index contributed by atoms with van der Waals surface area (Å²) < 4.78 is 11.8. The molecule has 36 heavy (non-hydrogen) atoms. The van der Waals surface area contributed by atoms with Gasteiger partial charge in [0.25, 0.3) is 5.91 Å². The van der Waals surface area contributed by atoms with E-state index in [4.69, 9.17) is 9.47 Å². The van der Waals surface area contributed by atoms with Crippen molar-refractivity contribution in [3.8, 4) is 11.5 Å². The molecule has 6 nitrogen and oxygen atoms in total. The second kappa shape index (κ2) is 10.2. The van der Waals surface area contributed by atoms with Gasteiger partial charge in [-0.1, -0.05) is 44.9 Å². The standard InChI is InChI=1S/C30H38N2O4/c1-5-35-25-16-20-14-15-32-28(23(20)17-26(25)36-6-2)27(21-11-7-8-12-22(21)30(32)34)29(33)31-24-13-9-10-18(3)19(24)4/h7-8,11-12,16-19,24,27-28H,5-6,9-10,13-15H2,1-4H3,(H,31,33)/t18-,19+,24+,27+,28+/m0/s1. The Kier molecular flexibility index (Phi) is 6.96. The second-order valence-corrected chi connectivity index (χ2v) is 10.5. The minimum Gasteiger partial charge on any atom is -0.490 e. The summed E-state index contributed by atoms with van der Waals surface area (Å²) in [6.45, 7) is 10.1. The number of ether oxygens (including phenoxy) is 2. The van der Waals surface area contributed by atoms with E-state index >= 15 is 0 Å². The van der Waals surface area contributed by atoms with E-state index in [1.807, 2.05) is 55.1 Å². The largest absolute Gasteiger partial charge is 0.490 e. The third-order valence-corrected chi connectivity index (χ3v) is 8.50. The average molecular weight is 491 g/mol. The van der Waals surface area contributed by atoms with Crippen molar-refractivity contribution in [1.29, 1.82) is 0 Å². The van der Waals surface area contributed by atoms with Crippen LogP contribution in [-0.4, -0.2) is 42.5 Å². The fraction of sp³-hybridized carbons (Fsp3) is 0.533. The molecule has 0 bridgehead atoms. The molecule has 0 saturated heterocycles. The number of benzene rings is 2. The first-order valence-corrected chi connectivity index (χ1v) is 13.6. The molecule has 1 fully saturated rings. The summed E-state index contributed by atoms with van der Waals surface area (Å²) in [6, 6.07) is 11.5.